The first-order chi connectivity index (χ1) is 8.70. The van der Waals surface area contributed by atoms with Crippen LogP contribution in [0.3, 0.4) is 0 Å². The fraction of sp³-hybridized carbons (Fsp3) is 0.286. The number of nitrogens with zero attached hydrogens (tertiary/aromatic N) is 2. The van der Waals surface area contributed by atoms with Crippen molar-refractivity contribution < 1.29 is 9.21 Å². The minimum atomic E-state index is 0.0250. The van der Waals surface area contributed by atoms with E-state index in [1.165, 1.54) is 12.7 Å². The summed E-state index contributed by atoms with van der Waals surface area (Å²) >= 11 is 0. The second kappa shape index (κ2) is 5.49. The van der Waals surface area contributed by atoms with E-state index in [9.17, 15) is 4.79 Å². The van der Waals surface area contributed by atoms with Crippen LogP contribution in [0.15, 0.2) is 41.3 Å². The van der Waals surface area contributed by atoms with E-state index in [2.05, 4.69) is 4.98 Å². The lowest BCUT2D eigenvalue weighted by molar-refractivity contribution is -0.118. The number of hydrogen-bond acceptors (Lipinski definition) is 3. The molecule has 0 saturated heterocycles. The Hall–Kier alpha value is -2.10. The zero-order valence-corrected chi connectivity index (χ0v) is 10.6. The quantitative estimate of drug-likeness (QED) is 0.830. The fourth-order valence-electron chi connectivity index (χ4n) is 1.87. The number of carbonyl (C=O) groups excluding carboxylic acids is 1. The number of aromatic nitrogens is 1. The highest BCUT2D eigenvalue weighted by molar-refractivity contribution is 5.94. The molecule has 0 bridgehead atoms. The molecule has 0 aliphatic carbocycles. The first-order valence-electron chi connectivity index (χ1n) is 5.95. The van der Waals surface area contributed by atoms with Gasteiger partial charge in [-0.05, 0) is 31.5 Å². The molecule has 2 rings (SSSR count). The van der Waals surface area contributed by atoms with Gasteiger partial charge in [0, 0.05) is 12.2 Å². The molecular weight excluding hydrogens is 228 g/mol. The van der Waals surface area contributed by atoms with E-state index in [0.717, 1.165) is 11.3 Å². The Morgan fingerprint density at radius 3 is 2.89 bits per heavy atom. The van der Waals surface area contributed by atoms with Gasteiger partial charge < -0.3 is 9.32 Å². The van der Waals surface area contributed by atoms with Gasteiger partial charge in [0.1, 0.15) is 6.26 Å². The van der Waals surface area contributed by atoms with Crippen LogP contribution in [-0.2, 0) is 11.2 Å². The predicted octanol–water partition coefficient (Wildman–Crippen LogP) is 2.58. The van der Waals surface area contributed by atoms with Gasteiger partial charge in [0.2, 0.25) is 5.91 Å². The molecular formula is C14H16N2O2. The first kappa shape index (κ1) is 12.4. The van der Waals surface area contributed by atoms with Crippen molar-refractivity contribution in [2.75, 3.05) is 11.4 Å². The lowest BCUT2D eigenvalue weighted by Gasteiger charge is -2.21. The normalized spacial score (nSPS) is 10.3. The highest BCUT2D eigenvalue weighted by atomic mass is 16.3. The largest absolute Gasteiger partial charge is 0.451 e. The molecule has 0 radical (unpaired) electrons. The van der Waals surface area contributed by atoms with Crippen molar-refractivity contribution in [3.05, 3.63) is 48.2 Å². The van der Waals surface area contributed by atoms with Gasteiger partial charge in [-0.15, -0.1) is 0 Å². The minimum absolute atomic E-state index is 0.0250. The van der Waals surface area contributed by atoms with Crippen molar-refractivity contribution in [1.29, 1.82) is 0 Å². The third-order valence-corrected chi connectivity index (χ3v) is 2.75. The van der Waals surface area contributed by atoms with E-state index >= 15 is 0 Å². The summed E-state index contributed by atoms with van der Waals surface area (Å²) in [6.07, 6.45) is 3.10. The van der Waals surface area contributed by atoms with Crippen LogP contribution in [0.1, 0.15) is 18.2 Å². The van der Waals surface area contributed by atoms with E-state index in [0.29, 0.717) is 12.2 Å². The van der Waals surface area contributed by atoms with Crippen molar-refractivity contribution in [1.82, 2.24) is 4.98 Å². The molecule has 0 N–H and O–H groups in total. The Labute approximate surface area is 106 Å². The van der Waals surface area contributed by atoms with Gasteiger partial charge in [0.05, 0.1) is 12.1 Å². The molecule has 0 saturated carbocycles. The molecule has 0 aliphatic heterocycles. The van der Waals surface area contributed by atoms with Gasteiger partial charge in [0.15, 0.2) is 6.39 Å². The van der Waals surface area contributed by atoms with Crippen molar-refractivity contribution in [3.63, 3.8) is 0 Å². The molecule has 4 heteroatoms. The fourth-order valence-corrected chi connectivity index (χ4v) is 1.87. The second-order valence-corrected chi connectivity index (χ2v) is 4.13. The standard InChI is InChI=1S/C14H16N2O2/c1-3-16(13-6-4-5-11(2)7-13)14(17)8-12-9-18-10-15-12/h4-7,9-10H,3,8H2,1-2H3. The van der Waals surface area contributed by atoms with Crippen molar-refractivity contribution >= 4 is 11.6 Å². The van der Waals surface area contributed by atoms with Crippen LogP contribution in [0.4, 0.5) is 5.69 Å². The van der Waals surface area contributed by atoms with Crippen LogP contribution in [0.2, 0.25) is 0 Å². The maximum atomic E-state index is 12.2. The van der Waals surface area contributed by atoms with E-state index in [1.54, 1.807) is 4.90 Å². The molecule has 0 aliphatic rings. The lowest BCUT2D eigenvalue weighted by Crippen LogP contribution is -2.32. The summed E-state index contributed by atoms with van der Waals surface area (Å²) < 4.78 is 4.87. The maximum absolute atomic E-state index is 12.2. The summed E-state index contributed by atoms with van der Waals surface area (Å²) in [6.45, 7) is 4.61. The molecule has 0 unspecified atom stereocenters. The smallest absolute Gasteiger partial charge is 0.233 e. The lowest BCUT2D eigenvalue weighted by atomic mass is 10.2. The van der Waals surface area contributed by atoms with Crippen molar-refractivity contribution in [3.8, 4) is 0 Å². The third kappa shape index (κ3) is 2.77. The summed E-state index contributed by atoms with van der Waals surface area (Å²) in [5.41, 5.74) is 2.72. The monoisotopic (exact) mass is 244 g/mol. The Bertz CT molecular complexity index is 520. The topological polar surface area (TPSA) is 46.3 Å². The Morgan fingerprint density at radius 2 is 2.28 bits per heavy atom. The predicted molar refractivity (Wildman–Crippen MR) is 69.4 cm³/mol. The summed E-state index contributed by atoms with van der Waals surface area (Å²) in [5.74, 6) is 0.0250. The van der Waals surface area contributed by atoms with Crippen LogP contribution >= 0.6 is 0 Å². The number of amides is 1. The number of oxazole rings is 1. The molecule has 0 fully saturated rings. The zero-order valence-electron chi connectivity index (χ0n) is 10.6. The molecule has 4 nitrogen and oxygen atoms in total. The van der Waals surface area contributed by atoms with Crippen LogP contribution in [0, 0.1) is 6.92 Å². The minimum Gasteiger partial charge on any atom is -0.451 e. The molecule has 0 spiro atoms. The zero-order chi connectivity index (χ0) is 13.0. The van der Waals surface area contributed by atoms with Crippen molar-refractivity contribution in [2.24, 2.45) is 0 Å². The van der Waals surface area contributed by atoms with Crippen LogP contribution in [-0.4, -0.2) is 17.4 Å². The highest BCUT2D eigenvalue weighted by Crippen LogP contribution is 2.16. The summed E-state index contributed by atoms with van der Waals surface area (Å²) in [4.78, 5) is 17.9. The average molecular weight is 244 g/mol. The molecule has 2 aromatic rings. The van der Waals surface area contributed by atoms with Crippen LogP contribution in [0.25, 0.3) is 0 Å². The van der Waals surface area contributed by atoms with Gasteiger partial charge in [-0.2, -0.15) is 0 Å². The third-order valence-electron chi connectivity index (χ3n) is 2.75. The molecule has 94 valence electrons. The van der Waals surface area contributed by atoms with E-state index < -0.39 is 0 Å². The van der Waals surface area contributed by atoms with E-state index in [1.807, 2.05) is 38.1 Å². The first-order valence-corrected chi connectivity index (χ1v) is 5.95. The molecule has 1 amide bonds. The summed E-state index contributed by atoms with van der Waals surface area (Å²) in [6, 6.07) is 7.91. The average Bonchev–Trinajstić information content (AvgIpc) is 2.83. The van der Waals surface area contributed by atoms with E-state index in [-0.39, 0.29) is 12.3 Å². The SMILES string of the molecule is CCN(C(=O)Cc1cocn1)c1cccc(C)c1. The summed E-state index contributed by atoms with van der Waals surface area (Å²) in [5, 5.41) is 0. The second-order valence-electron chi connectivity index (χ2n) is 4.13. The van der Waals surface area contributed by atoms with Crippen LogP contribution < -0.4 is 4.90 Å². The van der Waals surface area contributed by atoms with E-state index in [4.69, 9.17) is 4.42 Å². The highest BCUT2D eigenvalue weighted by Gasteiger charge is 2.15. The number of likely N-dealkylation sites (N-methyl/N-ethyl adjacent to an activating group) is 1. The van der Waals surface area contributed by atoms with Gasteiger partial charge in [-0.3, -0.25) is 4.79 Å². The van der Waals surface area contributed by atoms with Crippen molar-refractivity contribution in [2.45, 2.75) is 20.3 Å². The molecule has 1 heterocycles. The van der Waals surface area contributed by atoms with Gasteiger partial charge in [-0.25, -0.2) is 4.98 Å². The maximum Gasteiger partial charge on any atom is 0.233 e. The molecule has 1 aromatic heterocycles. The number of anilines is 1. The molecule has 1 aromatic carbocycles. The number of hydrogen-bond donors (Lipinski definition) is 0. The number of benzene rings is 1. The van der Waals surface area contributed by atoms with Gasteiger partial charge >= 0.3 is 0 Å². The Morgan fingerprint density at radius 1 is 1.44 bits per heavy atom. The van der Waals surface area contributed by atoms with Gasteiger partial charge in [-0.1, -0.05) is 12.1 Å². The Kier molecular flexibility index (Phi) is 3.77. The Balaban J connectivity index is 2.15. The number of rotatable bonds is 4. The number of carbonyl (C=O) groups is 1. The van der Waals surface area contributed by atoms with Crippen LogP contribution in [0.5, 0.6) is 0 Å². The summed E-state index contributed by atoms with van der Waals surface area (Å²) in [7, 11) is 0. The molecule has 18 heavy (non-hydrogen) atoms. The number of aryl methyl sites for hydroxylation is 1. The molecule has 0 atom stereocenters. The van der Waals surface area contributed by atoms with Gasteiger partial charge in [0.25, 0.3) is 0 Å².